The molecule has 0 spiro atoms. The Morgan fingerprint density at radius 1 is 1.11 bits per heavy atom. The summed E-state index contributed by atoms with van der Waals surface area (Å²) in [6.45, 7) is 4.68. The fourth-order valence-electron chi connectivity index (χ4n) is 2.15. The maximum absolute atomic E-state index is 5.56. The van der Waals surface area contributed by atoms with E-state index in [2.05, 4.69) is 40.5 Å². The van der Waals surface area contributed by atoms with E-state index in [0.717, 1.165) is 22.4 Å². The van der Waals surface area contributed by atoms with Crippen LogP contribution in [0.2, 0.25) is 0 Å². The molecule has 0 aliphatic heterocycles. The molecule has 3 aromatic rings. The number of benzene rings is 1. The van der Waals surface area contributed by atoms with Gasteiger partial charge in [-0.15, -0.1) is 0 Å². The van der Waals surface area contributed by atoms with Crippen molar-refractivity contribution in [3.05, 3.63) is 53.6 Å². The summed E-state index contributed by atoms with van der Waals surface area (Å²) in [5.74, 6) is 0. The predicted molar refractivity (Wildman–Crippen MR) is 76.2 cm³/mol. The van der Waals surface area contributed by atoms with E-state index in [4.69, 9.17) is 5.73 Å². The van der Waals surface area contributed by atoms with Crippen LogP contribution < -0.4 is 5.73 Å². The average molecular weight is 252 g/mol. The molecule has 2 N–H and O–H groups in total. The Balaban J connectivity index is 2.16. The number of pyridine rings is 1. The van der Waals surface area contributed by atoms with Crippen molar-refractivity contribution >= 4 is 11.0 Å². The Morgan fingerprint density at radius 3 is 2.58 bits per heavy atom. The molecule has 0 saturated heterocycles. The molecule has 3 rings (SSSR count). The van der Waals surface area contributed by atoms with Crippen LogP contribution in [-0.2, 0) is 6.54 Å². The largest absolute Gasteiger partial charge is 0.325 e. The SMILES string of the molecule is Cc1cc2ncn(-c3ccc(CN)nc3)c2cc1C. The van der Waals surface area contributed by atoms with Crippen molar-refractivity contribution in [3.63, 3.8) is 0 Å². The molecule has 0 amide bonds. The molecule has 1 aromatic carbocycles. The second-order valence-corrected chi connectivity index (χ2v) is 4.75. The van der Waals surface area contributed by atoms with Gasteiger partial charge < -0.3 is 5.73 Å². The lowest BCUT2D eigenvalue weighted by atomic mass is 10.1. The first-order valence-electron chi connectivity index (χ1n) is 6.28. The summed E-state index contributed by atoms with van der Waals surface area (Å²) in [6, 6.07) is 8.24. The van der Waals surface area contributed by atoms with E-state index in [1.54, 1.807) is 0 Å². The zero-order valence-electron chi connectivity index (χ0n) is 11.1. The van der Waals surface area contributed by atoms with Gasteiger partial charge in [0.05, 0.1) is 28.6 Å². The van der Waals surface area contributed by atoms with E-state index in [-0.39, 0.29) is 0 Å². The summed E-state index contributed by atoms with van der Waals surface area (Å²) in [7, 11) is 0. The van der Waals surface area contributed by atoms with Gasteiger partial charge in [-0.2, -0.15) is 0 Å². The average Bonchev–Trinajstić information content (AvgIpc) is 2.82. The monoisotopic (exact) mass is 252 g/mol. The Hall–Kier alpha value is -2.20. The minimum absolute atomic E-state index is 0.462. The van der Waals surface area contributed by atoms with Gasteiger partial charge in [-0.1, -0.05) is 0 Å². The van der Waals surface area contributed by atoms with Crippen LogP contribution in [0.15, 0.2) is 36.8 Å². The summed E-state index contributed by atoms with van der Waals surface area (Å²) in [6.07, 6.45) is 3.67. The summed E-state index contributed by atoms with van der Waals surface area (Å²) in [5, 5.41) is 0. The Morgan fingerprint density at radius 2 is 1.89 bits per heavy atom. The first kappa shape index (κ1) is 11.9. The first-order chi connectivity index (χ1) is 9.19. The fourth-order valence-corrected chi connectivity index (χ4v) is 2.15. The molecule has 0 atom stereocenters. The first-order valence-corrected chi connectivity index (χ1v) is 6.28. The summed E-state index contributed by atoms with van der Waals surface area (Å²) < 4.78 is 2.05. The molecule has 96 valence electrons. The molecule has 0 aliphatic carbocycles. The summed E-state index contributed by atoms with van der Waals surface area (Å²) in [4.78, 5) is 8.78. The van der Waals surface area contributed by atoms with E-state index in [1.807, 2.05) is 24.7 Å². The van der Waals surface area contributed by atoms with Crippen LogP contribution in [0.3, 0.4) is 0 Å². The zero-order valence-corrected chi connectivity index (χ0v) is 11.1. The highest BCUT2D eigenvalue weighted by molar-refractivity contribution is 5.79. The number of imidazole rings is 1. The van der Waals surface area contributed by atoms with Crippen LogP contribution in [0.5, 0.6) is 0 Å². The highest BCUT2D eigenvalue weighted by Crippen LogP contribution is 2.21. The third kappa shape index (κ3) is 2.00. The van der Waals surface area contributed by atoms with Gasteiger partial charge in [0.2, 0.25) is 0 Å². The normalized spacial score (nSPS) is 11.1. The zero-order chi connectivity index (χ0) is 13.4. The standard InChI is InChI=1S/C15H16N4/c1-10-5-14-15(6-11(10)2)19(9-18-14)13-4-3-12(7-16)17-8-13/h3-6,8-9H,7,16H2,1-2H3. The van der Waals surface area contributed by atoms with Gasteiger partial charge in [0.25, 0.3) is 0 Å². The number of rotatable bonds is 2. The van der Waals surface area contributed by atoms with Crippen molar-refractivity contribution in [2.75, 3.05) is 0 Å². The van der Waals surface area contributed by atoms with Gasteiger partial charge in [-0.05, 0) is 49.2 Å². The maximum atomic E-state index is 5.56. The van der Waals surface area contributed by atoms with E-state index in [9.17, 15) is 0 Å². The van der Waals surface area contributed by atoms with Gasteiger partial charge >= 0.3 is 0 Å². The highest BCUT2D eigenvalue weighted by atomic mass is 15.1. The molecule has 4 nitrogen and oxygen atoms in total. The number of aromatic nitrogens is 3. The minimum atomic E-state index is 0.462. The van der Waals surface area contributed by atoms with Gasteiger partial charge in [-0.3, -0.25) is 9.55 Å². The minimum Gasteiger partial charge on any atom is -0.325 e. The van der Waals surface area contributed by atoms with Crippen molar-refractivity contribution in [2.24, 2.45) is 5.73 Å². The molecule has 0 unspecified atom stereocenters. The molecule has 19 heavy (non-hydrogen) atoms. The molecule has 0 bridgehead atoms. The van der Waals surface area contributed by atoms with Crippen LogP contribution >= 0.6 is 0 Å². The number of hydrogen-bond donors (Lipinski definition) is 1. The van der Waals surface area contributed by atoms with E-state index in [0.29, 0.717) is 6.54 Å². The van der Waals surface area contributed by atoms with Gasteiger partial charge in [0, 0.05) is 6.54 Å². The van der Waals surface area contributed by atoms with Gasteiger partial charge in [0.15, 0.2) is 0 Å². The van der Waals surface area contributed by atoms with Crippen LogP contribution in [0.25, 0.3) is 16.7 Å². The third-order valence-corrected chi connectivity index (χ3v) is 3.46. The molecule has 0 radical (unpaired) electrons. The van der Waals surface area contributed by atoms with Crippen LogP contribution in [-0.4, -0.2) is 14.5 Å². The molecule has 0 saturated carbocycles. The van der Waals surface area contributed by atoms with Crippen molar-refractivity contribution in [2.45, 2.75) is 20.4 Å². The molecule has 0 aliphatic rings. The van der Waals surface area contributed by atoms with E-state index >= 15 is 0 Å². The van der Waals surface area contributed by atoms with E-state index in [1.165, 1.54) is 11.1 Å². The lowest BCUT2D eigenvalue weighted by molar-refractivity contribution is 0.972. The molecule has 2 heterocycles. The lowest BCUT2D eigenvalue weighted by Crippen LogP contribution is -2.00. The molecular weight excluding hydrogens is 236 g/mol. The van der Waals surface area contributed by atoms with Gasteiger partial charge in [-0.25, -0.2) is 4.98 Å². The second-order valence-electron chi connectivity index (χ2n) is 4.75. The number of aryl methyl sites for hydroxylation is 2. The Bertz CT molecular complexity index is 726. The third-order valence-electron chi connectivity index (χ3n) is 3.46. The molecule has 4 heteroatoms. The van der Waals surface area contributed by atoms with Crippen LogP contribution in [0, 0.1) is 13.8 Å². The molecular formula is C15H16N4. The number of fused-ring (bicyclic) bond motifs is 1. The molecule has 0 fully saturated rings. The van der Waals surface area contributed by atoms with Crippen molar-refractivity contribution < 1.29 is 0 Å². The smallest absolute Gasteiger partial charge is 0.100 e. The molecule has 2 aromatic heterocycles. The Labute approximate surface area is 111 Å². The topological polar surface area (TPSA) is 56.7 Å². The Kier molecular flexibility index (Phi) is 2.80. The summed E-state index contributed by atoms with van der Waals surface area (Å²) in [5.41, 5.74) is 12.1. The van der Waals surface area contributed by atoms with Crippen LogP contribution in [0.4, 0.5) is 0 Å². The number of nitrogens with two attached hydrogens (primary N) is 1. The highest BCUT2D eigenvalue weighted by Gasteiger charge is 2.06. The summed E-state index contributed by atoms with van der Waals surface area (Å²) >= 11 is 0. The van der Waals surface area contributed by atoms with Crippen molar-refractivity contribution in [1.29, 1.82) is 0 Å². The maximum Gasteiger partial charge on any atom is 0.100 e. The second kappa shape index (κ2) is 4.48. The van der Waals surface area contributed by atoms with E-state index < -0.39 is 0 Å². The van der Waals surface area contributed by atoms with Gasteiger partial charge in [0.1, 0.15) is 6.33 Å². The number of nitrogens with zero attached hydrogens (tertiary/aromatic N) is 3. The van der Waals surface area contributed by atoms with Crippen molar-refractivity contribution in [3.8, 4) is 5.69 Å². The van der Waals surface area contributed by atoms with Crippen LogP contribution in [0.1, 0.15) is 16.8 Å². The lowest BCUT2D eigenvalue weighted by Gasteiger charge is -2.06. The quantitative estimate of drug-likeness (QED) is 0.762. The number of hydrogen-bond acceptors (Lipinski definition) is 3. The predicted octanol–water partition coefficient (Wildman–Crippen LogP) is 2.50. The van der Waals surface area contributed by atoms with Crippen molar-refractivity contribution in [1.82, 2.24) is 14.5 Å². The fraction of sp³-hybridized carbons (Fsp3) is 0.200.